The molecule has 0 bridgehead atoms. The Hall–Kier alpha value is -0.870. The van der Waals surface area contributed by atoms with Crippen molar-refractivity contribution in [2.45, 2.75) is 18.4 Å². The quantitative estimate of drug-likeness (QED) is 0.712. The highest BCUT2D eigenvalue weighted by atomic mass is 35.5. The highest BCUT2D eigenvalue weighted by molar-refractivity contribution is 6.32. The Morgan fingerprint density at radius 3 is 2.43 bits per heavy atom. The second-order valence-electron chi connectivity index (χ2n) is 3.54. The number of benzene rings is 1. The maximum atomic E-state index is 13.3. The number of hydrogen-bond acceptors (Lipinski definition) is 2. The van der Waals surface area contributed by atoms with Crippen molar-refractivity contribution in [3.05, 3.63) is 28.3 Å². The van der Waals surface area contributed by atoms with E-state index in [0.717, 1.165) is 0 Å². The van der Waals surface area contributed by atoms with Gasteiger partial charge in [-0.25, -0.2) is 4.39 Å². The predicted molar refractivity (Wildman–Crippen MR) is 48.1 cm³/mol. The number of halogens is 3. The Kier molecular flexibility index (Phi) is 1.94. The minimum atomic E-state index is -1.33. The van der Waals surface area contributed by atoms with E-state index in [0.29, 0.717) is 12.8 Å². The zero-order valence-corrected chi connectivity index (χ0v) is 7.91. The lowest BCUT2D eigenvalue weighted by molar-refractivity contribution is 0.401. The highest BCUT2D eigenvalue weighted by Gasteiger charge is 2.43. The van der Waals surface area contributed by atoms with E-state index in [-0.39, 0.29) is 10.6 Å². The van der Waals surface area contributed by atoms with Crippen LogP contribution in [0.1, 0.15) is 18.4 Å². The molecule has 1 fully saturated rings. The number of aromatic hydroxyl groups is 1. The molecule has 0 aliphatic heterocycles. The summed E-state index contributed by atoms with van der Waals surface area (Å²) in [5.41, 5.74) is 4.95. The van der Waals surface area contributed by atoms with Gasteiger partial charge in [-0.05, 0) is 18.9 Å². The van der Waals surface area contributed by atoms with Gasteiger partial charge in [-0.3, -0.25) is 0 Å². The molecule has 0 atom stereocenters. The second kappa shape index (κ2) is 2.81. The van der Waals surface area contributed by atoms with E-state index < -0.39 is 22.9 Å². The van der Waals surface area contributed by atoms with Gasteiger partial charge >= 0.3 is 0 Å². The first-order chi connectivity index (χ1) is 6.46. The molecule has 0 saturated heterocycles. The van der Waals surface area contributed by atoms with E-state index in [4.69, 9.17) is 22.4 Å². The van der Waals surface area contributed by atoms with Gasteiger partial charge < -0.3 is 10.8 Å². The number of phenolic OH excluding ortho intramolecular Hbond substituents is 1. The maximum absolute atomic E-state index is 13.3. The molecule has 3 N–H and O–H groups in total. The molecule has 0 radical (unpaired) electrons. The summed E-state index contributed by atoms with van der Waals surface area (Å²) in [6.07, 6.45) is 1.20. The van der Waals surface area contributed by atoms with Crippen LogP contribution in [0.4, 0.5) is 8.78 Å². The normalized spacial score (nSPS) is 18.3. The Balaban J connectivity index is 2.62. The van der Waals surface area contributed by atoms with Crippen molar-refractivity contribution in [3.63, 3.8) is 0 Å². The monoisotopic (exact) mass is 219 g/mol. The second-order valence-corrected chi connectivity index (χ2v) is 3.95. The van der Waals surface area contributed by atoms with Crippen molar-refractivity contribution in [2.24, 2.45) is 5.73 Å². The predicted octanol–water partition coefficient (Wildman–Crippen LogP) is 2.27. The molecule has 0 aromatic heterocycles. The third kappa shape index (κ3) is 1.26. The third-order valence-electron chi connectivity index (χ3n) is 2.46. The molecule has 0 unspecified atom stereocenters. The van der Waals surface area contributed by atoms with Gasteiger partial charge in [-0.2, -0.15) is 4.39 Å². The fourth-order valence-corrected chi connectivity index (χ4v) is 1.54. The van der Waals surface area contributed by atoms with E-state index >= 15 is 0 Å². The lowest BCUT2D eigenvalue weighted by Gasteiger charge is -2.12. The van der Waals surface area contributed by atoms with Gasteiger partial charge in [0.25, 0.3) is 0 Å². The van der Waals surface area contributed by atoms with Crippen LogP contribution in [0.15, 0.2) is 6.07 Å². The van der Waals surface area contributed by atoms with E-state index in [9.17, 15) is 8.78 Å². The van der Waals surface area contributed by atoms with E-state index in [1.165, 1.54) is 6.07 Å². The summed E-state index contributed by atoms with van der Waals surface area (Å²) in [4.78, 5) is 0. The van der Waals surface area contributed by atoms with Crippen LogP contribution in [0.5, 0.6) is 5.75 Å². The summed E-state index contributed by atoms with van der Waals surface area (Å²) in [7, 11) is 0. The first-order valence-corrected chi connectivity index (χ1v) is 4.49. The number of phenols is 1. The average Bonchev–Trinajstić information content (AvgIpc) is 2.87. The minimum Gasteiger partial charge on any atom is -0.504 e. The van der Waals surface area contributed by atoms with Gasteiger partial charge in [0, 0.05) is 11.1 Å². The zero-order chi connectivity index (χ0) is 10.5. The summed E-state index contributed by atoms with van der Waals surface area (Å²) in [6, 6.07) is 1.18. The van der Waals surface area contributed by atoms with Crippen molar-refractivity contribution < 1.29 is 13.9 Å². The number of hydrogen-bond donors (Lipinski definition) is 2. The minimum absolute atomic E-state index is 0.0396. The van der Waals surface area contributed by atoms with Gasteiger partial charge in [0.2, 0.25) is 5.82 Å². The zero-order valence-electron chi connectivity index (χ0n) is 7.15. The Labute approximate surface area is 84.3 Å². The van der Waals surface area contributed by atoms with Crippen LogP contribution in [-0.2, 0) is 5.54 Å². The first-order valence-electron chi connectivity index (χ1n) is 4.11. The summed E-state index contributed by atoms with van der Waals surface area (Å²) in [5, 5.41) is 8.80. The van der Waals surface area contributed by atoms with Gasteiger partial charge in [0.05, 0.1) is 5.02 Å². The van der Waals surface area contributed by atoms with Crippen LogP contribution in [0.3, 0.4) is 0 Å². The van der Waals surface area contributed by atoms with E-state index in [2.05, 4.69) is 0 Å². The molecule has 0 amide bonds. The molecule has 0 spiro atoms. The smallest absolute Gasteiger partial charge is 0.202 e. The highest BCUT2D eigenvalue weighted by Crippen LogP contribution is 2.46. The lowest BCUT2D eigenvalue weighted by Crippen LogP contribution is -2.21. The fraction of sp³-hybridized carbons (Fsp3) is 0.333. The molecular formula is C9H8ClF2NO. The van der Waals surface area contributed by atoms with Gasteiger partial charge in [-0.15, -0.1) is 0 Å². The number of nitrogens with two attached hydrogens (primary N) is 1. The van der Waals surface area contributed by atoms with E-state index in [1.807, 2.05) is 0 Å². The average molecular weight is 220 g/mol. The lowest BCUT2D eigenvalue weighted by atomic mass is 10.0. The molecule has 5 heteroatoms. The maximum Gasteiger partial charge on any atom is 0.202 e. The van der Waals surface area contributed by atoms with Gasteiger partial charge in [0.1, 0.15) is 0 Å². The third-order valence-corrected chi connectivity index (χ3v) is 2.75. The Morgan fingerprint density at radius 2 is 1.93 bits per heavy atom. The number of rotatable bonds is 1. The standard InChI is InChI=1S/C9H8ClF2NO/c10-5-3-4(9(13)1-2-9)6(11)7(12)8(5)14/h3,14H,1-2,13H2. The molecule has 1 saturated carbocycles. The molecule has 1 aromatic carbocycles. The van der Waals surface area contributed by atoms with E-state index in [1.54, 1.807) is 0 Å². The molecule has 2 nitrogen and oxygen atoms in total. The molecule has 14 heavy (non-hydrogen) atoms. The first kappa shape index (κ1) is 9.68. The molecule has 2 rings (SSSR count). The Morgan fingerprint density at radius 1 is 1.36 bits per heavy atom. The molecular weight excluding hydrogens is 212 g/mol. The van der Waals surface area contributed by atoms with Crippen molar-refractivity contribution in [3.8, 4) is 5.75 Å². The topological polar surface area (TPSA) is 46.2 Å². The summed E-state index contributed by atoms with van der Waals surface area (Å²) in [6.45, 7) is 0. The van der Waals surface area contributed by atoms with Crippen LogP contribution < -0.4 is 5.73 Å². The SMILES string of the molecule is NC1(c2cc(Cl)c(O)c(F)c2F)CC1. The van der Waals surface area contributed by atoms with Crippen LogP contribution in [0, 0.1) is 11.6 Å². The van der Waals surface area contributed by atoms with Crippen LogP contribution in [0.25, 0.3) is 0 Å². The largest absolute Gasteiger partial charge is 0.504 e. The van der Waals surface area contributed by atoms with Crippen molar-refractivity contribution in [2.75, 3.05) is 0 Å². The Bertz CT molecular complexity index is 404. The van der Waals surface area contributed by atoms with Crippen molar-refractivity contribution in [1.82, 2.24) is 0 Å². The molecule has 1 aliphatic carbocycles. The van der Waals surface area contributed by atoms with Crippen LogP contribution in [0.2, 0.25) is 5.02 Å². The van der Waals surface area contributed by atoms with Crippen molar-refractivity contribution >= 4 is 11.6 Å². The van der Waals surface area contributed by atoms with Crippen LogP contribution in [-0.4, -0.2) is 5.11 Å². The van der Waals surface area contributed by atoms with Crippen LogP contribution >= 0.6 is 11.6 Å². The summed E-state index contributed by atoms with van der Waals surface area (Å²) < 4.78 is 26.3. The molecule has 1 aromatic rings. The molecule has 1 aliphatic rings. The summed E-state index contributed by atoms with van der Waals surface area (Å²) in [5.74, 6) is -3.30. The van der Waals surface area contributed by atoms with Gasteiger partial charge in [-0.1, -0.05) is 11.6 Å². The molecule has 76 valence electrons. The molecule has 0 heterocycles. The van der Waals surface area contributed by atoms with Crippen molar-refractivity contribution in [1.29, 1.82) is 0 Å². The van der Waals surface area contributed by atoms with Gasteiger partial charge in [0.15, 0.2) is 11.6 Å². The summed E-state index contributed by atoms with van der Waals surface area (Å²) >= 11 is 5.51. The fourth-order valence-electron chi connectivity index (χ4n) is 1.35.